The molecule has 3 aliphatic rings. The number of hydrazone groups is 1. The van der Waals surface area contributed by atoms with Crippen molar-refractivity contribution in [3.05, 3.63) is 64.1 Å². The summed E-state index contributed by atoms with van der Waals surface area (Å²) in [4.78, 5) is 42.1. The summed E-state index contributed by atoms with van der Waals surface area (Å²) >= 11 is 3.39. The second kappa shape index (κ2) is 6.85. The molecule has 0 radical (unpaired) electrons. The first kappa shape index (κ1) is 20.1. The van der Waals surface area contributed by atoms with Crippen molar-refractivity contribution in [2.75, 3.05) is 4.90 Å². The number of carbonyl (C=O) groups excluding carboxylic acids is 3. The third kappa shape index (κ3) is 2.90. The van der Waals surface area contributed by atoms with Gasteiger partial charge < -0.3 is 0 Å². The zero-order chi connectivity index (χ0) is 22.1. The van der Waals surface area contributed by atoms with Crippen molar-refractivity contribution < 1.29 is 14.4 Å². The molecule has 6 nitrogen and oxygen atoms in total. The summed E-state index contributed by atoms with van der Waals surface area (Å²) in [7, 11) is 0. The highest BCUT2D eigenvalue weighted by atomic mass is 79.9. The number of amides is 2. The van der Waals surface area contributed by atoms with Gasteiger partial charge >= 0.3 is 0 Å². The van der Waals surface area contributed by atoms with Crippen LogP contribution in [0.3, 0.4) is 0 Å². The van der Waals surface area contributed by atoms with Crippen LogP contribution in [0.4, 0.5) is 5.69 Å². The maximum absolute atomic E-state index is 13.7. The number of nitrogens with zero attached hydrogens (tertiary/aromatic N) is 3. The van der Waals surface area contributed by atoms with Gasteiger partial charge in [0.25, 0.3) is 0 Å². The normalized spacial score (nSPS) is 26.7. The topological polar surface area (TPSA) is 70.0 Å². The van der Waals surface area contributed by atoms with E-state index in [-0.39, 0.29) is 17.6 Å². The van der Waals surface area contributed by atoms with E-state index in [9.17, 15) is 14.4 Å². The van der Waals surface area contributed by atoms with Gasteiger partial charge in [0.2, 0.25) is 11.8 Å². The summed E-state index contributed by atoms with van der Waals surface area (Å²) in [5, 5.41) is 6.28. The standard InChI is InChI=1S/C24H22BrN3O3/c1-24(2,3)21(29)20-18-17(19-16-7-5-4-6-13(16)12-26-28(19)20)22(30)27(23(18)31)15-10-8-14(25)9-11-15/h4-12,17-20H,1-3H3. The first-order valence-electron chi connectivity index (χ1n) is 10.3. The molecule has 4 atom stereocenters. The number of halogens is 1. The van der Waals surface area contributed by atoms with Gasteiger partial charge in [0, 0.05) is 9.89 Å². The third-order valence-corrected chi connectivity index (χ3v) is 6.91. The Labute approximate surface area is 189 Å². The molecule has 158 valence electrons. The summed E-state index contributed by atoms with van der Waals surface area (Å²) in [6.45, 7) is 5.52. The Kier molecular flexibility index (Phi) is 4.45. The highest BCUT2D eigenvalue weighted by Crippen LogP contribution is 2.53. The van der Waals surface area contributed by atoms with Crippen LogP contribution >= 0.6 is 15.9 Å². The van der Waals surface area contributed by atoms with E-state index >= 15 is 0 Å². The van der Waals surface area contributed by atoms with E-state index in [1.807, 2.05) is 45.0 Å². The highest BCUT2D eigenvalue weighted by molar-refractivity contribution is 9.10. The van der Waals surface area contributed by atoms with Gasteiger partial charge in [-0.25, -0.2) is 4.90 Å². The molecule has 2 aromatic carbocycles. The fourth-order valence-corrected chi connectivity index (χ4v) is 5.22. The van der Waals surface area contributed by atoms with Crippen molar-refractivity contribution in [3.63, 3.8) is 0 Å². The molecule has 2 amide bonds. The van der Waals surface area contributed by atoms with Gasteiger partial charge in [0.1, 0.15) is 6.04 Å². The highest BCUT2D eigenvalue weighted by Gasteiger charge is 2.66. The van der Waals surface area contributed by atoms with E-state index in [0.717, 1.165) is 15.6 Å². The van der Waals surface area contributed by atoms with Crippen LogP contribution in [-0.4, -0.2) is 34.9 Å². The predicted molar refractivity (Wildman–Crippen MR) is 120 cm³/mol. The SMILES string of the molecule is CC(C)(C)C(=O)C1C2C(=O)N(c3ccc(Br)cc3)C(=O)C2C2c3ccccc3C=NN12. The fourth-order valence-electron chi connectivity index (χ4n) is 4.96. The molecule has 0 spiro atoms. The molecule has 0 aliphatic carbocycles. The lowest BCUT2D eigenvalue weighted by atomic mass is 9.79. The smallest absolute Gasteiger partial charge is 0.240 e. The second-order valence-electron chi connectivity index (χ2n) is 9.30. The van der Waals surface area contributed by atoms with Crippen molar-refractivity contribution >= 4 is 45.4 Å². The minimum atomic E-state index is -0.781. The Hall–Kier alpha value is -2.80. The first-order valence-corrected chi connectivity index (χ1v) is 11.1. The fraction of sp³-hybridized carbons (Fsp3) is 0.333. The zero-order valence-corrected chi connectivity index (χ0v) is 19.0. The minimum Gasteiger partial charge on any atom is -0.297 e. The molecular formula is C24H22BrN3O3. The number of fused-ring (bicyclic) bond motifs is 5. The van der Waals surface area contributed by atoms with E-state index in [2.05, 4.69) is 21.0 Å². The molecular weight excluding hydrogens is 458 g/mol. The van der Waals surface area contributed by atoms with Crippen LogP contribution in [0.1, 0.15) is 37.9 Å². The van der Waals surface area contributed by atoms with Crippen LogP contribution in [0.15, 0.2) is 58.1 Å². The molecule has 0 bridgehead atoms. The number of ketones is 1. The van der Waals surface area contributed by atoms with Gasteiger partial charge in [-0.05, 0) is 35.4 Å². The predicted octanol–water partition coefficient (Wildman–Crippen LogP) is 3.94. The third-order valence-electron chi connectivity index (χ3n) is 6.39. The van der Waals surface area contributed by atoms with E-state index in [0.29, 0.717) is 5.69 Å². The lowest BCUT2D eigenvalue weighted by Gasteiger charge is -2.35. The Balaban J connectivity index is 1.66. The summed E-state index contributed by atoms with van der Waals surface area (Å²) in [6.07, 6.45) is 1.72. The van der Waals surface area contributed by atoms with Crippen molar-refractivity contribution in [2.45, 2.75) is 32.9 Å². The molecule has 2 aromatic rings. The van der Waals surface area contributed by atoms with Crippen molar-refractivity contribution in [2.24, 2.45) is 22.4 Å². The van der Waals surface area contributed by atoms with Crippen molar-refractivity contribution in [1.82, 2.24) is 5.01 Å². The van der Waals surface area contributed by atoms with Gasteiger partial charge in [-0.2, -0.15) is 5.10 Å². The molecule has 0 N–H and O–H groups in total. The van der Waals surface area contributed by atoms with E-state index in [4.69, 9.17) is 0 Å². The molecule has 3 heterocycles. The van der Waals surface area contributed by atoms with Crippen LogP contribution in [0.5, 0.6) is 0 Å². The maximum Gasteiger partial charge on any atom is 0.240 e. The number of hydrogen-bond donors (Lipinski definition) is 0. The second-order valence-corrected chi connectivity index (χ2v) is 10.2. The molecule has 2 fully saturated rings. The molecule has 4 unspecified atom stereocenters. The summed E-state index contributed by atoms with van der Waals surface area (Å²) in [5.74, 6) is -2.12. The number of carbonyl (C=O) groups is 3. The Bertz CT molecular complexity index is 1140. The molecule has 3 aliphatic heterocycles. The van der Waals surface area contributed by atoms with Gasteiger partial charge in [-0.15, -0.1) is 0 Å². The number of anilines is 1. The van der Waals surface area contributed by atoms with Gasteiger partial charge in [0.15, 0.2) is 5.78 Å². The number of benzene rings is 2. The molecule has 0 aromatic heterocycles. The zero-order valence-electron chi connectivity index (χ0n) is 17.4. The van der Waals surface area contributed by atoms with Crippen molar-refractivity contribution in [1.29, 1.82) is 0 Å². The Morgan fingerprint density at radius 2 is 1.61 bits per heavy atom. The van der Waals surface area contributed by atoms with Crippen LogP contribution in [-0.2, 0) is 14.4 Å². The van der Waals surface area contributed by atoms with Crippen LogP contribution in [0.2, 0.25) is 0 Å². The summed E-state index contributed by atoms with van der Waals surface area (Å²) < 4.78 is 0.859. The van der Waals surface area contributed by atoms with Gasteiger partial charge in [-0.3, -0.25) is 19.4 Å². The summed E-state index contributed by atoms with van der Waals surface area (Å²) in [5.41, 5.74) is 1.68. The lowest BCUT2D eigenvalue weighted by molar-refractivity contribution is -0.136. The lowest BCUT2D eigenvalue weighted by Crippen LogP contribution is -2.48. The number of Topliss-reactive ketones (excluding diaryl/α,β-unsaturated/α-hetero) is 1. The van der Waals surface area contributed by atoms with Crippen LogP contribution in [0.25, 0.3) is 0 Å². The van der Waals surface area contributed by atoms with Crippen molar-refractivity contribution in [3.8, 4) is 0 Å². The van der Waals surface area contributed by atoms with Crippen LogP contribution in [0, 0.1) is 17.3 Å². The summed E-state index contributed by atoms with van der Waals surface area (Å²) in [6, 6.07) is 13.6. The monoisotopic (exact) mass is 479 g/mol. The molecule has 2 saturated heterocycles. The quantitative estimate of drug-likeness (QED) is 0.611. The van der Waals surface area contributed by atoms with Gasteiger partial charge in [0.05, 0.1) is 29.8 Å². The number of imide groups is 1. The molecule has 7 heteroatoms. The van der Waals surface area contributed by atoms with E-state index < -0.39 is 29.3 Å². The average molecular weight is 480 g/mol. The van der Waals surface area contributed by atoms with Gasteiger partial charge in [-0.1, -0.05) is 61.0 Å². The number of hydrogen-bond acceptors (Lipinski definition) is 5. The Morgan fingerprint density at radius 1 is 0.968 bits per heavy atom. The van der Waals surface area contributed by atoms with Crippen LogP contribution < -0.4 is 4.90 Å². The Morgan fingerprint density at radius 3 is 2.29 bits per heavy atom. The molecule has 0 saturated carbocycles. The maximum atomic E-state index is 13.7. The largest absolute Gasteiger partial charge is 0.297 e. The first-order chi connectivity index (χ1) is 14.7. The minimum absolute atomic E-state index is 0.0830. The average Bonchev–Trinajstić information content (AvgIpc) is 3.20. The molecule has 31 heavy (non-hydrogen) atoms. The molecule has 5 rings (SSSR count). The number of rotatable bonds is 2. The van der Waals surface area contributed by atoms with E-state index in [1.165, 1.54) is 4.90 Å². The van der Waals surface area contributed by atoms with E-state index in [1.54, 1.807) is 35.5 Å².